The van der Waals surface area contributed by atoms with Crippen LogP contribution in [0.25, 0.3) is 0 Å². The van der Waals surface area contributed by atoms with E-state index in [0.29, 0.717) is 0 Å². The molecular weight excluding hydrogens is 241 g/mol. The van der Waals surface area contributed by atoms with Gasteiger partial charge in [0.2, 0.25) is 5.91 Å². The van der Waals surface area contributed by atoms with Crippen LogP contribution in [0, 0.1) is 5.82 Å². The number of aromatic carboxylic acids is 1. The molecule has 0 heterocycles. The molecule has 1 amide bonds. The molecule has 1 aromatic carbocycles. The summed E-state index contributed by atoms with van der Waals surface area (Å²) in [4.78, 5) is 22.1. The highest BCUT2D eigenvalue weighted by atomic mass is 19.1. The lowest BCUT2D eigenvalue weighted by Crippen LogP contribution is -2.20. The molecule has 0 aliphatic rings. The summed E-state index contributed by atoms with van der Waals surface area (Å²) < 4.78 is 18.2. The van der Waals surface area contributed by atoms with E-state index in [1.54, 1.807) is 13.8 Å². The van der Waals surface area contributed by atoms with E-state index < -0.39 is 23.3 Å². The summed E-state index contributed by atoms with van der Waals surface area (Å²) >= 11 is 0. The number of amides is 1. The SMILES string of the molecule is CC(C)OCC(=O)Nc1ccc(F)c(C(=O)O)c1. The van der Waals surface area contributed by atoms with Crippen LogP contribution >= 0.6 is 0 Å². The van der Waals surface area contributed by atoms with E-state index >= 15 is 0 Å². The highest BCUT2D eigenvalue weighted by molar-refractivity contribution is 5.94. The third-order valence-electron chi connectivity index (χ3n) is 2.03. The van der Waals surface area contributed by atoms with Crippen molar-refractivity contribution in [3.63, 3.8) is 0 Å². The van der Waals surface area contributed by atoms with Crippen LogP contribution < -0.4 is 5.32 Å². The summed E-state index contributed by atoms with van der Waals surface area (Å²) in [5, 5.41) is 11.1. The van der Waals surface area contributed by atoms with Crippen LogP contribution in [0.3, 0.4) is 0 Å². The molecule has 0 bridgehead atoms. The molecule has 98 valence electrons. The molecule has 18 heavy (non-hydrogen) atoms. The third kappa shape index (κ3) is 4.14. The van der Waals surface area contributed by atoms with E-state index in [-0.39, 0.29) is 18.4 Å². The van der Waals surface area contributed by atoms with Gasteiger partial charge in [-0.1, -0.05) is 0 Å². The van der Waals surface area contributed by atoms with Crippen molar-refractivity contribution < 1.29 is 23.8 Å². The third-order valence-corrected chi connectivity index (χ3v) is 2.03. The molecule has 5 nitrogen and oxygen atoms in total. The van der Waals surface area contributed by atoms with E-state index in [2.05, 4.69) is 5.32 Å². The van der Waals surface area contributed by atoms with E-state index in [4.69, 9.17) is 9.84 Å². The standard InChI is InChI=1S/C12H14FNO4/c1-7(2)18-6-11(15)14-8-3-4-10(13)9(5-8)12(16)17/h3-5,7H,6H2,1-2H3,(H,14,15)(H,16,17). The van der Waals surface area contributed by atoms with Gasteiger partial charge < -0.3 is 15.2 Å². The number of carbonyl (C=O) groups excluding carboxylic acids is 1. The number of rotatable bonds is 5. The molecule has 0 radical (unpaired) electrons. The first-order chi connectivity index (χ1) is 8.40. The fourth-order valence-electron chi connectivity index (χ4n) is 1.21. The van der Waals surface area contributed by atoms with Crippen LogP contribution in [0.15, 0.2) is 18.2 Å². The summed E-state index contributed by atoms with van der Waals surface area (Å²) in [5.41, 5.74) is -0.274. The highest BCUT2D eigenvalue weighted by Crippen LogP contribution is 2.14. The maximum Gasteiger partial charge on any atom is 0.338 e. The van der Waals surface area contributed by atoms with Crippen molar-refractivity contribution in [1.82, 2.24) is 0 Å². The average Bonchev–Trinajstić information content (AvgIpc) is 2.28. The maximum absolute atomic E-state index is 13.1. The van der Waals surface area contributed by atoms with Gasteiger partial charge >= 0.3 is 5.97 Å². The quantitative estimate of drug-likeness (QED) is 0.842. The number of anilines is 1. The van der Waals surface area contributed by atoms with E-state index in [1.807, 2.05) is 0 Å². The number of carbonyl (C=O) groups is 2. The van der Waals surface area contributed by atoms with Gasteiger partial charge in [0.15, 0.2) is 0 Å². The van der Waals surface area contributed by atoms with Crippen molar-refractivity contribution in [2.45, 2.75) is 20.0 Å². The van der Waals surface area contributed by atoms with Gasteiger partial charge in [-0.15, -0.1) is 0 Å². The molecule has 0 saturated heterocycles. The van der Waals surface area contributed by atoms with Gasteiger partial charge in [-0.2, -0.15) is 0 Å². The molecule has 0 saturated carbocycles. The van der Waals surface area contributed by atoms with Gasteiger partial charge in [-0.3, -0.25) is 4.79 Å². The van der Waals surface area contributed by atoms with Crippen molar-refractivity contribution in [1.29, 1.82) is 0 Å². The second kappa shape index (κ2) is 6.11. The molecule has 0 fully saturated rings. The molecule has 0 aliphatic heterocycles. The lowest BCUT2D eigenvalue weighted by Gasteiger charge is -2.09. The topological polar surface area (TPSA) is 75.6 Å². The molecule has 1 aromatic rings. The summed E-state index contributed by atoms with van der Waals surface area (Å²) in [6, 6.07) is 3.34. The molecule has 0 spiro atoms. The molecule has 1 rings (SSSR count). The molecular formula is C12H14FNO4. The Morgan fingerprint density at radius 1 is 1.44 bits per heavy atom. The first-order valence-electron chi connectivity index (χ1n) is 5.34. The number of carboxylic acid groups (broad SMARTS) is 1. The zero-order chi connectivity index (χ0) is 13.7. The second-order valence-electron chi connectivity index (χ2n) is 3.91. The first kappa shape index (κ1) is 14.1. The Balaban J connectivity index is 2.70. The smallest absolute Gasteiger partial charge is 0.338 e. The first-order valence-corrected chi connectivity index (χ1v) is 5.34. The summed E-state index contributed by atoms with van der Waals surface area (Å²) in [6.07, 6.45) is -0.0847. The zero-order valence-corrected chi connectivity index (χ0v) is 10.1. The van der Waals surface area contributed by atoms with Crippen molar-refractivity contribution >= 4 is 17.6 Å². The number of ether oxygens (including phenoxy) is 1. The van der Waals surface area contributed by atoms with Crippen molar-refractivity contribution in [2.24, 2.45) is 0 Å². The predicted octanol–water partition coefficient (Wildman–Crippen LogP) is 1.89. The van der Waals surface area contributed by atoms with Crippen LogP contribution in [0.2, 0.25) is 0 Å². The Bertz CT molecular complexity index is 459. The normalized spacial score (nSPS) is 10.4. The predicted molar refractivity (Wildman–Crippen MR) is 63.1 cm³/mol. The maximum atomic E-state index is 13.1. The highest BCUT2D eigenvalue weighted by Gasteiger charge is 2.12. The van der Waals surface area contributed by atoms with Gasteiger partial charge in [-0.05, 0) is 32.0 Å². The number of halogens is 1. The lowest BCUT2D eigenvalue weighted by atomic mass is 10.2. The average molecular weight is 255 g/mol. The minimum Gasteiger partial charge on any atom is -0.478 e. The number of hydrogen-bond acceptors (Lipinski definition) is 3. The fraction of sp³-hybridized carbons (Fsp3) is 0.333. The van der Waals surface area contributed by atoms with Gasteiger partial charge in [0, 0.05) is 5.69 Å². The van der Waals surface area contributed by atoms with Crippen LogP contribution in [0.5, 0.6) is 0 Å². The van der Waals surface area contributed by atoms with Crippen molar-refractivity contribution in [2.75, 3.05) is 11.9 Å². The Kier molecular flexibility index (Phi) is 4.79. The van der Waals surface area contributed by atoms with Crippen LogP contribution in [-0.2, 0) is 9.53 Å². The minimum absolute atomic E-state index is 0.0847. The van der Waals surface area contributed by atoms with E-state index in [9.17, 15) is 14.0 Å². The molecule has 2 N–H and O–H groups in total. The van der Waals surface area contributed by atoms with E-state index in [0.717, 1.165) is 12.1 Å². The number of nitrogens with one attached hydrogen (secondary N) is 1. The Labute approximate surface area is 104 Å². The van der Waals surface area contributed by atoms with Gasteiger partial charge in [-0.25, -0.2) is 9.18 Å². The van der Waals surface area contributed by atoms with Crippen LogP contribution in [0.1, 0.15) is 24.2 Å². The molecule has 0 atom stereocenters. The molecule has 0 aromatic heterocycles. The van der Waals surface area contributed by atoms with Crippen LogP contribution in [0.4, 0.5) is 10.1 Å². The number of benzene rings is 1. The number of hydrogen-bond donors (Lipinski definition) is 2. The van der Waals surface area contributed by atoms with Crippen LogP contribution in [-0.4, -0.2) is 29.7 Å². The Hall–Kier alpha value is -1.95. The van der Waals surface area contributed by atoms with Crippen molar-refractivity contribution in [3.05, 3.63) is 29.6 Å². The fourth-order valence-corrected chi connectivity index (χ4v) is 1.21. The summed E-state index contributed by atoms with van der Waals surface area (Å²) in [6.45, 7) is 3.43. The summed E-state index contributed by atoms with van der Waals surface area (Å²) in [7, 11) is 0. The Morgan fingerprint density at radius 3 is 2.67 bits per heavy atom. The largest absolute Gasteiger partial charge is 0.478 e. The number of carboxylic acids is 1. The lowest BCUT2D eigenvalue weighted by molar-refractivity contribution is -0.121. The van der Waals surface area contributed by atoms with Gasteiger partial charge in [0.05, 0.1) is 11.7 Å². The second-order valence-corrected chi connectivity index (χ2v) is 3.91. The minimum atomic E-state index is -1.39. The zero-order valence-electron chi connectivity index (χ0n) is 10.1. The molecule has 6 heteroatoms. The molecule has 0 aliphatic carbocycles. The van der Waals surface area contributed by atoms with E-state index in [1.165, 1.54) is 6.07 Å². The summed E-state index contributed by atoms with van der Waals surface area (Å²) in [5.74, 6) is -2.66. The monoisotopic (exact) mass is 255 g/mol. The Morgan fingerprint density at radius 2 is 2.11 bits per heavy atom. The van der Waals surface area contributed by atoms with Gasteiger partial charge in [0.25, 0.3) is 0 Å². The van der Waals surface area contributed by atoms with Gasteiger partial charge in [0.1, 0.15) is 12.4 Å². The molecule has 0 unspecified atom stereocenters. The van der Waals surface area contributed by atoms with Crippen molar-refractivity contribution in [3.8, 4) is 0 Å².